The van der Waals surface area contributed by atoms with E-state index in [1.165, 1.54) is 11.3 Å². The fraction of sp³-hybridized carbons (Fsp3) is 0.250. The van der Waals surface area contributed by atoms with Gasteiger partial charge in [0.2, 0.25) is 0 Å². The molecule has 0 bridgehead atoms. The molecule has 1 heterocycles. The predicted molar refractivity (Wildman–Crippen MR) is 66.0 cm³/mol. The fourth-order valence-electron chi connectivity index (χ4n) is 1.35. The Morgan fingerprint density at radius 1 is 1.38 bits per heavy atom. The zero-order valence-electron chi connectivity index (χ0n) is 9.36. The van der Waals surface area contributed by atoms with Gasteiger partial charge in [0.25, 0.3) is 5.19 Å². The molecule has 0 unspecified atom stereocenters. The van der Waals surface area contributed by atoms with Crippen LogP contribution in [0.2, 0.25) is 0 Å². The van der Waals surface area contributed by atoms with E-state index in [2.05, 4.69) is 4.98 Å². The summed E-state index contributed by atoms with van der Waals surface area (Å²) in [6, 6.07) is 5.99. The number of aryl methyl sites for hydroxylation is 2. The summed E-state index contributed by atoms with van der Waals surface area (Å²) in [6.07, 6.45) is 0. The second-order valence-corrected chi connectivity index (χ2v) is 4.48. The highest BCUT2D eigenvalue weighted by molar-refractivity contribution is 7.11. The molecule has 0 aliphatic heterocycles. The van der Waals surface area contributed by atoms with Gasteiger partial charge in [0, 0.05) is 11.9 Å². The smallest absolute Gasteiger partial charge is 0.278 e. The summed E-state index contributed by atoms with van der Waals surface area (Å²) >= 11 is 1.50. The molecule has 0 saturated heterocycles. The number of nitrogens with zero attached hydrogens (tertiary/aromatic N) is 1. The Morgan fingerprint density at radius 3 is 2.81 bits per heavy atom. The lowest BCUT2D eigenvalue weighted by Gasteiger charge is -2.07. The normalized spacial score (nSPS) is 10.4. The number of benzene rings is 1. The Labute approximate surface area is 98.9 Å². The van der Waals surface area contributed by atoms with Crippen molar-refractivity contribution >= 4 is 11.3 Å². The van der Waals surface area contributed by atoms with E-state index in [0.717, 1.165) is 22.6 Å². The van der Waals surface area contributed by atoms with Crippen molar-refractivity contribution in [1.29, 1.82) is 0 Å². The number of rotatable bonds is 3. The molecule has 0 spiro atoms. The molecule has 84 valence electrons. The number of ether oxygens (including phenoxy) is 1. The number of hydrogen-bond donors (Lipinski definition) is 1. The molecular formula is C12H14N2OS. The molecule has 1 aromatic heterocycles. The molecule has 0 amide bonds. The van der Waals surface area contributed by atoms with E-state index < -0.39 is 0 Å². The van der Waals surface area contributed by atoms with Gasteiger partial charge in [-0.25, -0.2) is 4.98 Å². The first-order valence-electron chi connectivity index (χ1n) is 5.08. The molecule has 0 atom stereocenters. The van der Waals surface area contributed by atoms with Crippen molar-refractivity contribution in [2.45, 2.75) is 20.4 Å². The van der Waals surface area contributed by atoms with Gasteiger partial charge >= 0.3 is 0 Å². The first-order valence-corrected chi connectivity index (χ1v) is 5.96. The van der Waals surface area contributed by atoms with Crippen molar-refractivity contribution in [2.24, 2.45) is 5.73 Å². The molecule has 2 rings (SSSR count). The average molecular weight is 234 g/mol. The summed E-state index contributed by atoms with van der Waals surface area (Å²) in [6.45, 7) is 4.48. The van der Waals surface area contributed by atoms with Crippen LogP contribution in [-0.4, -0.2) is 4.98 Å². The van der Waals surface area contributed by atoms with E-state index in [4.69, 9.17) is 10.5 Å². The lowest BCUT2D eigenvalue weighted by molar-refractivity contribution is 0.473. The van der Waals surface area contributed by atoms with Crippen LogP contribution in [0.4, 0.5) is 0 Å². The number of thiazole rings is 1. The van der Waals surface area contributed by atoms with Crippen molar-refractivity contribution < 1.29 is 4.74 Å². The molecule has 0 radical (unpaired) electrons. The van der Waals surface area contributed by atoms with Gasteiger partial charge in [0.05, 0.1) is 5.69 Å². The van der Waals surface area contributed by atoms with Crippen molar-refractivity contribution in [1.82, 2.24) is 4.98 Å². The van der Waals surface area contributed by atoms with Gasteiger partial charge in [-0.05, 0) is 31.0 Å². The highest BCUT2D eigenvalue weighted by atomic mass is 32.1. The summed E-state index contributed by atoms with van der Waals surface area (Å²) in [5.41, 5.74) is 8.73. The zero-order chi connectivity index (χ0) is 11.5. The third-order valence-corrected chi connectivity index (χ3v) is 3.12. The molecule has 0 aliphatic rings. The van der Waals surface area contributed by atoms with Gasteiger partial charge in [0.15, 0.2) is 0 Å². The quantitative estimate of drug-likeness (QED) is 0.888. The molecule has 0 saturated carbocycles. The number of nitrogens with two attached hydrogens (primary N) is 1. The summed E-state index contributed by atoms with van der Waals surface area (Å²) in [4.78, 5) is 4.27. The van der Waals surface area contributed by atoms with Crippen molar-refractivity contribution in [3.8, 4) is 10.9 Å². The Balaban J connectivity index is 2.26. The van der Waals surface area contributed by atoms with E-state index in [1.54, 1.807) is 0 Å². The third-order valence-electron chi connectivity index (χ3n) is 2.28. The van der Waals surface area contributed by atoms with Crippen LogP contribution in [0.5, 0.6) is 10.9 Å². The first kappa shape index (κ1) is 11.1. The maximum atomic E-state index is 5.72. The largest absolute Gasteiger partial charge is 0.431 e. The van der Waals surface area contributed by atoms with Crippen molar-refractivity contribution in [3.63, 3.8) is 0 Å². The van der Waals surface area contributed by atoms with Gasteiger partial charge in [-0.2, -0.15) is 0 Å². The van der Waals surface area contributed by atoms with Crippen LogP contribution in [0.15, 0.2) is 23.6 Å². The Hall–Kier alpha value is -1.39. The first-order chi connectivity index (χ1) is 7.69. The summed E-state index contributed by atoms with van der Waals surface area (Å²) in [5, 5.41) is 2.65. The summed E-state index contributed by atoms with van der Waals surface area (Å²) < 4.78 is 5.72. The Bertz CT molecular complexity index is 494. The van der Waals surface area contributed by atoms with Gasteiger partial charge in [-0.1, -0.05) is 23.5 Å². The molecule has 16 heavy (non-hydrogen) atoms. The van der Waals surface area contributed by atoms with Gasteiger partial charge in [-0.15, -0.1) is 0 Å². The number of aromatic nitrogens is 1. The minimum Gasteiger partial charge on any atom is -0.431 e. The second kappa shape index (κ2) is 4.63. The van der Waals surface area contributed by atoms with Crippen molar-refractivity contribution in [2.75, 3.05) is 0 Å². The monoisotopic (exact) mass is 234 g/mol. The highest BCUT2D eigenvalue weighted by Gasteiger charge is 2.05. The fourth-order valence-corrected chi connectivity index (χ4v) is 2.01. The van der Waals surface area contributed by atoms with Crippen LogP contribution in [-0.2, 0) is 6.54 Å². The third kappa shape index (κ3) is 2.40. The SMILES string of the molecule is Cc1csc(Oc2cc(CN)ccc2C)n1. The molecule has 1 aromatic carbocycles. The van der Waals surface area contributed by atoms with E-state index in [9.17, 15) is 0 Å². The van der Waals surface area contributed by atoms with Crippen LogP contribution in [0.1, 0.15) is 16.8 Å². The highest BCUT2D eigenvalue weighted by Crippen LogP contribution is 2.28. The lowest BCUT2D eigenvalue weighted by Crippen LogP contribution is -1.97. The van der Waals surface area contributed by atoms with Crippen LogP contribution in [0, 0.1) is 13.8 Å². The summed E-state index contributed by atoms with van der Waals surface area (Å²) in [5.74, 6) is 0.831. The van der Waals surface area contributed by atoms with E-state index in [0.29, 0.717) is 11.7 Å². The molecular weight excluding hydrogens is 220 g/mol. The van der Waals surface area contributed by atoms with Gasteiger partial charge in [-0.3, -0.25) is 0 Å². The Morgan fingerprint density at radius 2 is 2.19 bits per heavy atom. The molecule has 4 heteroatoms. The van der Waals surface area contributed by atoms with E-state index in [1.807, 2.05) is 37.4 Å². The minimum atomic E-state index is 0.521. The zero-order valence-corrected chi connectivity index (χ0v) is 10.2. The average Bonchev–Trinajstić information content (AvgIpc) is 2.67. The van der Waals surface area contributed by atoms with Crippen molar-refractivity contribution in [3.05, 3.63) is 40.4 Å². The van der Waals surface area contributed by atoms with Gasteiger partial charge in [0.1, 0.15) is 5.75 Å². The molecule has 0 aliphatic carbocycles. The second-order valence-electron chi connectivity index (χ2n) is 3.66. The summed E-state index contributed by atoms with van der Waals surface area (Å²) in [7, 11) is 0. The lowest BCUT2D eigenvalue weighted by atomic mass is 10.1. The maximum absolute atomic E-state index is 5.72. The predicted octanol–water partition coefficient (Wildman–Crippen LogP) is 3.01. The van der Waals surface area contributed by atoms with Crippen LogP contribution >= 0.6 is 11.3 Å². The Kier molecular flexibility index (Phi) is 3.22. The van der Waals surface area contributed by atoms with Crippen LogP contribution < -0.4 is 10.5 Å². The standard InChI is InChI=1S/C12H14N2OS/c1-8-3-4-10(6-13)5-11(8)15-12-14-9(2)7-16-12/h3-5,7H,6,13H2,1-2H3. The van der Waals surface area contributed by atoms with E-state index in [-0.39, 0.29) is 0 Å². The molecule has 2 N–H and O–H groups in total. The van der Waals surface area contributed by atoms with Crippen LogP contribution in [0.3, 0.4) is 0 Å². The number of hydrogen-bond acceptors (Lipinski definition) is 4. The molecule has 2 aromatic rings. The van der Waals surface area contributed by atoms with Crippen LogP contribution in [0.25, 0.3) is 0 Å². The van der Waals surface area contributed by atoms with Gasteiger partial charge < -0.3 is 10.5 Å². The topological polar surface area (TPSA) is 48.1 Å². The maximum Gasteiger partial charge on any atom is 0.278 e. The minimum absolute atomic E-state index is 0.521. The molecule has 3 nitrogen and oxygen atoms in total. The molecule has 0 fully saturated rings. The van der Waals surface area contributed by atoms with E-state index >= 15 is 0 Å².